The monoisotopic (exact) mass is 329 g/mol. The number of methoxy groups -OCH3 is 1. The number of thiophene rings is 1. The predicted molar refractivity (Wildman–Crippen MR) is 90.3 cm³/mol. The number of benzene rings is 1. The molecule has 2 heterocycles. The second kappa shape index (κ2) is 6.96. The van der Waals surface area contributed by atoms with Crippen molar-refractivity contribution in [3.63, 3.8) is 0 Å². The number of Topliss-reactive ketones (excluding diaryl/α,β-unsaturated/α-hetero) is 1. The number of para-hydroxylation sites is 1. The molecule has 0 saturated carbocycles. The molecule has 1 aromatic heterocycles. The van der Waals surface area contributed by atoms with Crippen molar-refractivity contribution in [2.75, 3.05) is 20.2 Å². The number of piperidine rings is 1. The first-order valence-electron chi connectivity index (χ1n) is 7.70. The van der Waals surface area contributed by atoms with E-state index in [-0.39, 0.29) is 17.6 Å². The number of ether oxygens (including phenoxy) is 1. The highest BCUT2D eigenvalue weighted by Crippen LogP contribution is 2.26. The predicted octanol–water partition coefficient (Wildman–Crippen LogP) is 3.49. The van der Waals surface area contributed by atoms with Gasteiger partial charge in [0.2, 0.25) is 0 Å². The lowest BCUT2D eigenvalue weighted by molar-refractivity contribution is 0.0648. The van der Waals surface area contributed by atoms with Gasteiger partial charge in [0, 0.05) is 19.0 Å². The maximum atomic E-state index is 12.6. The minimum absolute atomic E-state index is 0.0235. The third-order valence-electron chi connectivity index (χ3n) is 4.25. The summed E-state index contributed by atoms with van der Waals surface area (Å²) >= 11 is 1.49. The molecule has 1 aliphatic rings. The number of likely N-dealkylation sites (tertiary alicyclic amines) is 1. The molecule has 23 heavy (non-hydrogen) atoms. The molecule has 1 amide bonds. The Morgan fingerprint density at radius 3 is 2.52 bits per heavy atom. The van der Waals surface area contributed by atoms with Crippen LogP contribution in [0.3, 0.4) is 0 Å². The molecule has 5 heteroatoms. The molecule has 1 saturated heterocycles. The molecule has 3 rings (SSSR count). The summed E-state index contributed by atoms with van der Waals surface area (Å²) in [6, 6.07) is 11.0. The van der Waals surface area contributed by atoms with Gasteiger partial charge in [-0.05, 0) is 36.4 Å². The molecule has 120 valence electrons. The summed E-state index contributed by atoms with van der Waals surface area (Å²) in [6.45, 7) is 1.22. The van der Waals surface area contributed by atoms with Crippen molar-refractivity contribution in [1.82, 2.24) is 4.90 Å². The molecule has 4 nitrogen and oxygen atoms in total. The fourth-order valence-corrected chi connectivity index (χ4v) is 3.70. The molecule has 1 aromatic carbocycles. The van der Waals surface area contributed by atoms with Gasteiger partial charge in [0.1, 0.15) is 5.75 Å². The molecule has 0 bridgehead atoms. The Morgan fingerprint density at radius 2 is 1.87 bits per heavy atom. The van der Waals surface area contributed by atoms with Gasteiger partial charge in [-0.2, -0.15) is 0 Å². The molecule has 1 fully saturated rings. The summed E-state index contributed by atoms with van der Waals surface area (Å²) in [5.74, 6) is 0.804. The minimum atomic E-state index is -0.0236. The number of rotatable bonds is 4. The van der Waals surface area contributed by atoms with E-state index in [4.69, 9.17) is 4.74 Å². The van der Waals surface area contributed by atoms with Gasteiger partial charge in [-0.1, -0.05) is 18.2 Å². The highest BCUT2D eigenvalue weighted by molar-refractivity contribution is 7.12. The molecule has 2 aromatic rings. The first-order valence-corrected chi connectivity index (χ1v) is 8.58. The summed E-state index contributed by atoms with van der Waals surface area (Å²) in [6.07, 6.45) is 1.44. The number of hydrogen-bond donors (Lipinski definition) is 0. The smallest absolute Gasteiger partial charge is 0.257 e. The van der Waals surface area contributed by atoms with Gasteiger partial charge < -0.3 is 9.64 Å². The third-order valence-corrected chi connectivity index (χ3v) is 5.14. The zero-order chi connectivity index (χ0) is 16.2. The van der Waals surface area contributed by atoms with Crippen molar-refractivity contribution in [3.05, 3.63) is 52.2 Å². The molecule has 0 aliphatic carbocycles. The van der Waals surface area contributed by atoms with E-state index < -0.39 is 0 Å². The average molecular weight is 329 g/mol. The number of amides is 1. The fourth-order valence-electron chi connectivity index (χ4n) is 2.96. The Morgan fingerprint density at radius 1 is 1.13 bits per heavy atom. The number of carbonyl (C=O) groups is 2. The number of hydrogen-bond acceptors (Lipinski definition) is 4. The van der Waals surface area contributed by atoms with E-state index in [0.29, 0.717) is 24.4 Å². The van der Waals surface area contributed by atoms with E-state index in [1.165, 1.54) is 11.3 Å². The van der Waals surface area contributed by atoms with Gasteiger partial charge >= 0.3 is 0 Å². The maximum absolute atomic E-state index is 12.6. The largest absolute Gasteiger partial charge is 0.496 e. The van der Waals surface area contributed by atoms with E-state index in [0.717, 1.165) is 17.7 Å². The van der Waals surface area contributed by atoms with E-state index in [9.17, 15) is 9.59 Å². The average Bonchev–Trinajstić information content (AvgIpc) is 3.15. The lowest BCUT2D eigenvalue weighted by atomic mass is 9.91. The number of ketones is 1. The SMILES string of the molecule is COc1ccccc1C(=O)N1CCC(C(=O)c2cccs2)CC1. The molecule has 1 aliphatic heterocycles. The molecule has 0 unspecified atom stereocenters. The van der Waals surface area contributed by atoms with Crippen LogP contribution in [-0.4, -0.2) is 36.8 Å². The first-order chi connectivity index (χ1) is 11.2. The van der Waals surface area contributed by atoms with Crippen LogP contribution in [0.5, 0.6) is 5.75 Å². The third kappa shape index (κ3) is 3.29. The molecule has 0 N–H and O–H groups in total. The van der Waals surface area contributed by atoms with Crippen LogP contribution in [-0.2, 0) is 0 Å². The number of carbonyl (C=O) groups excluding carboxylic acids is 2. The quantitative estimate of drug-likeness (QED) is 0.807. The van der Waals surface area contributed by atoms with Crippen LogP contribution in [0, 0.1) is 5.92 Å². The molecular formula is C18H19NO3S. The topological polar surface area (TPSA) is 46.6 Å². The summed E-state index contributed by atoms with van der Waals surface area (Å²) in [5, 5.41) is 1.92. The second-order valence-electron chi connectivity index (χ2n) is 5.61. The van der Waals surface area contributed by atoms with E-state index >= 15 is 0 Å². The van der Waals surface area contributed by atoms with E-state index in [1.807, 2.05) is 34.5 Å². The van der Waals surface area contributed by atoms with Crippen LogP contribution in [0.15, 0.2) is 41.8 Å². The Hall–Kier alpha value is -2.14. The summed E-state index contributed by atoms with van der Waals surface area (Å²) in [5.41, 5.74) is 0.582. The Labute approximate surface area is 139 Å². The normalized spacial score (nSPS) is 15.4. The van der Waals surface area contributed by atoms with Gasteiger partial charge in [-0.15, -0.1) is 11.3 Å². The summed E-state index contributed by atoms with van der Waals surface area (Å²) in [4.78, 5) is 27.7. The van der Waals surface area contributed by atoms with Crippen molar-refractivity contribution in [2.24, 2.45) is 5.92 Å². The van der Waals surface area contributed by atoms with Gasteiger partial charge in [0.15, 0.2) is 5.78 Å². The van der Waals surface area contributed by atoms with Gasteiger partial charge in [-0.3, -0.25) is 9.59 Å². The lowest BCUT2D eigenvalue weighted by Gasteiger charge is -2.31. The Balaban J connectivity index is 1.65. The Kier molecular flexibility index (Phi) is 4.76. The number of nitrogens with zero attached hydrogens (tertiary/aromatic N) is 1. The zero-order valence-electron chi connectivity index (χ0n) is 13.0. The minimum Gasteiger partial charge on any atom is -0.496 e. The van der Waals surface area contributed by atoms with E-state index in [1.54, 1.807) is 19.2 Å². The highest BCUT2D eigenvalue weighted by Gasteiger charge is 2.29. The first kappa shape index (κ1) is 15.7. The molecular weight excluding hydrogens is 310 g/mol. The molecule has 0 atom stereocenters. The summed E-state index contributed by atoms with van der Waals surface area (Å²) in [7, 11) is 1.57. The van der Waals surface area contributed by atoms with Crippen molar-refractivity contribution in [3.8, 4) is 5.75 Å². The fraction of sp³-hybridized carbons (Fsp3) is 0.333. The van der Waals surface area contributed by atoms with Crippen molar-refractivity contribution < 1.29 is 14.3 Å². The highest BCUT2D eigenvalue weighted by atomic mass is 32.1. The van der Waals surface area contributed by atoms with Crippen molar-refractivity contribution >= 4 is 23.0 Å². The van der Waals surface area contributed by atoms with Crippen LogP contribution in [0.25, 0.3) is 0 Å². The maximum Gasteiger partial charge on any atom is 0.257 e. The van der Waals surface area contributed by atoms with Crippen LogP contribution in [0.1, 0.15) is 32.9 Å². The lowest BCUT2D eigenvalue weighted by Crippen LogP contribution is -2.40. The van der Waals surface area contributed by atoms with Crippen molar-refractivity contribution in [2.45, 2.75) is 12.8 Å². The van der Waals surface area contributed by atoms with Gasteiger partial charge in [0.25, 0.3) is 5.91 Å². The Bertz CT molecular complexity index is 688. The van der Waals surface area contributed by atoms with Gasteiger partial charge in [0.05, 0.1) is 17.6 Å². The second-order valence-corrected chi connectivity index (χ2v) is 6.56. The molecule has 0 radical (unpaired) electrons. The van der Waals surface area contributed by atoms with Gasteiger partial charge in [-0.25, -0.2) is 0 Å². The zero-order valence-corrected chi connectivity index (χ0v) is 13.8. The van der Waals surface area contributed by atoms with Crippen LogP contribution < -0.4 is 4.74 Å². The van der Waals surface area contributed by atoms with Crippen LogP contribution >= 0.6 is 11.3 Å². The molecule has 0 spiro atoms. The van der Waals surface area contributed by atoms with E-state index in [2.05, 4.69) is 0 Å². The van der Waals surface area contributed by atoms with Crippen LogP contribution in [0.4, 0.5) is 0 Å². The standard InChI is InChI=1S/C18H19NO3S/c1-22-15-6-3-2-5-14(15)18(21)19-10-8-13(9-11-19)17(20)16-7-4-12-23-16/h2-7,12-13H,8-11H2,1H3. The van der Waals surface area contributed by atoms with Crippen molar-refractivity contribution in [1.29, 1.82) is 0 Å². The van der Waals surface area contributed by atoms with Crippen LogP contribution in [0.2, 0.25) is 0 Å². The summed E-state index contributed by atoms with van der Waals surface area (Å²) < 4.78 is 5.27.